The van der Waals surface area contributed by atoms with E-state index in [0.29, 0.717) is 6.54 Å². The van der Waals surface area contributed by atoms with Crippen molar-refractivity contribution in [1.29, 1.82) is 0 Å². The number of methoxy groups -OCH3 is 1. The number of nitrogens with one attached hydrogen (secondary N) is 1. The second kappa shape index (κ2) is 7.84. The van der Waals surface area contributed by atoms with E-state index in [-0.39, 0.29) is 12.1 Å². The minimum Gasteiger partial charge on any atom is -0.497 e. The first-order chi connectivity index (χ1) is 10.6. The van der Waals surface area contributed by atoms with E-state index < -0.39 is 0 Å². The van der Waals surface area contributed by atoms with Crippen molar-refractivity contribution >= 4 is 17.4 Å². The van der Waals surface area contributed by atoms with Crippen LogP contribution in [0.5, 0.6) is 5.75 Å². The second-order valence-corrected chi connectivity index (χ2v) is 6.17. The first-order valence-corrected chi connectivity index (χ1v) is 8.18. The van der Waals surface area contributed by atoms with Crippen molar-refractivity contribution in [3.05, 3.63) is 52.2 Å². The molecule has 0 radical (unpaired) electrons. The fraction of sp³-hybridized carbons (Fsp3) is 0.353. The topological polar surface area (TPSA) is 41.6 Å². The number of nitrogens with zero attached hydrogens (tertiary/aromatic N) is 1. The molecule has 0 aliphatic heterocycles. The Bertz CT molecular complexity index is 598. The molecule has 0 fully saturated rings. The van der Waals surface area contributed by atoms with Crippen molar-refractivity contribution in [2.24, 2.45) is 0 Å². The Morgan fingerprint density at radius 3 is 2.86 bits per heavy atom. The molecule has 1 N–H and O–H groups in total. The maximum absolute atomic E-state index is 12.2. The van der Waals surface area contributed by atoms with Gasteiger partial charge in [0, 0.05) is 19.6 Å². The molecule has 118 valence electrons. The molecule has 2 rings (SSSR count). The molecule has 0 bridgehead atoms. The van der Waals surface area contributed by atoms with Crippen LogP contribution in [0.15, 0.2) is 41.1 Å². The monoisotopic (exact) mass is 318 g/mol. The van der Waals surface area contributed by atoms with Gasteiger partial charge in [-0.05, 0) is 53.4 Å². The standard InChI is InChI=1S/C17H22N2O2S/c1-13(9-15-7-8-22-12-15)18-17(20)19(2)11-14-5-4-6-16(10-14)21-3/h4-8,10,12-13H,9,11H2,1-3H3,(H,18,20). The Labute approximate surface area is 135 Å². The van der Waals surface area contributed by atoms with Crippen molar-refractivity contribution in [2.45, 2.75) is 25.9 Å². The summed E-state index contributed by atoms with van der Waals surface area (Å²) in [6.07, 6.45) is 0.849. The summed E-state index contributed by atoms with van der Waals surface area (Å²) in [5, 5.41) is 7.20. The number of rotatable bonds is 6. The zero-order valence-electron chi connectivity index (χ0n) is 13.2. The van der Waals surface area contributed by atoms with E-state index in [1.807, 2.05) is 31.2 Å². The lowest BCUT2D eigenvalue weighted by Crippen LogP contribution is -2.42. The molecule has 5 heteroatoms. The first-order valence-electron chi connectivity index (χ1n) is 7.24. The van der Waals surface area contributed by atoms with Gasteiger partial charge in [0.2, 0.25) is 0 Å². The van der Waals surface area contributed by atoms with Crippen LogP contribution in [0.4, 0.5) is 4.79 Å². The van der Waals surface area contributed by atoms with Gasteiger partial charge in [-0.3, -0.25) is 0 Å². The van der Waals surface area contributed by atoms with Gasteiger partial charge in [-0.1, -0.05) is 12.1 Å². The molecule has 4 nitrogen and oxygen atoms in total. The highest BCUT2D eigenvalue weighted by molar-refractivity contribution is 7.07. The van der Waals surface area contributed by atoms with Crippen molar-refractivity contribution in [1.82, 2.24) is 10.2 Å². The Kier molecular flexibility index (Phi) is 5.83. The molecule has 2 aromatic rings. The highest BCUT2D eigenvalue weighted by Crippen LogP contribution is 2.14. The second-order valence-electron chi connectivity index (χ2n) is 5.39. The Morgan fingerprint density at radius 2 is 2.18 bits per heavy atom. The first kappa shape index (κ1) is 16.4. The number of urea groups is 1. The van der Waals surface area contributed by atoms with E-state index in [9.17, 15) is 4.79 Å². The van der Waals surface area contributed by atoms with E-state index in [0.717, 1.165) is 17.7 Å². The fourth-order valence-electron chi connectivity index (χ4n) is 2.25. The van der Waals surface area contributed by atoms with Gasteiger partial charge in [0.05, 0.1) is 7.11 Å². The molecule has 22 heavy (non-hydrogen) atoms. The Morgan fingerprint density at radius 1 is 1.36 bits per heavy atom. The molecule has 1 aromatic heterocycles. The third-order valence-electron chi connectivity index (χ3n) is 3.39. The molecule has 2 amide bonds. The maximum Gasteiger partial charge on any atom is 0.317 e. The van der Waals surface area contributed by atoms with E-state index in [2.05, 4.69) is 22.1 Å². The number of carbonyl (C=O) groups is 1. The molecule has 0 saturated carbocycles. The van der Waals surface area contributed by atoms with Gasteiger partial charge in [0.15, 0.2) is 0 Å². The maximum atomic E-state index is 12.2. The summed E-state index contributed by atoms with van der Waals surface area (Å²) in [5.74, 6) is 0.803. The average molecular weight is 318 g/mol. The lowest BCUT2D eigenvalue weighted by Gasteiger charge is -2.21. The third kappa shape index (κ3) is 4.77. The van der Waals surface area contributed by atoms with Crippen LogP contribution < -0.4 is 10.1 Å². The number of hydrogen-bond donors (Lipinski definition) is 1. The lowest BCUT2D eigenvalue weighted by atomic mass is 10.1. The highest BCUT2D eigenvalue weighted by atomic mass is 32.1. The van der Waals surface area contributed by atoms with Gasteiger partial charge in [-0.25, -0.2) is 4.79 Å². The minimum absolute atomic E-state index is 0.0643. The van der Waals surface area contributed by atoms with E-state index in [1.165, 1.54) is 5.56 Å². The normalized spacial score (nSPS) is 11.8. The van der Waals surface area contributed by atoms with Crippen LogP contribution in [0.1, 0.15) is 18.1 Å². The van der Waals surface area contributed by atoms with Crippen LogP contribution in [0.2, 0.25) is 0 Å². The van der Waals surface area contributed by atoms with E-state index in [4.69, 9.17) is 4.74 Å². The van der Waals surface area contributed by atoms with Crippen molar-refractivity contribution < 1.29 is 9.53 Å². The Balaban J connectivity index is 1.85. The SMILES string of the molecule is COc1cccc(CN(C)C(=O)NC(C)Cc2ccsc2)c1. The number of carbonyl (C=O) groups excluding carboxylic acids is 1. The smallest absolute Gasteiger partial charge is 0.317 e. The number of benzene rings is 1. The van der Waals surface area contributed by atoms with Crippen molar-refractivity contribution in [3.63, 3.8) is 0 Å². The quantitative estimate of drug-likeness (QED) is 0.885. The molecule has 0 saturated heterocycles. The molecule has 1 unspecified atom stereocenters. The zero-order valence-corrected chi connectivity index (χ0v) is 14.0. The van der Waals surface area contributed by atoms with Crippen molar-refractivity contribution in [3.8, 4) is 5.75 Å². The summed E-state index contributed by atoms with van der Waals surface area (Å²) in [7, 11) is 3.44. The molecule has 0 aliphatic carbocycles. The predicted octanol–water partition coefficient (Wildman–Crippen LogP) is 3.53. The van der Waals surface area contributed by atoms with Gasteiger partial charge in [0.1, 0.15) is 5.75 Å². The molecular formula is C17H22N2O2S. The van der Waals surface area contributed by atoms with Crippen LogP contribution in [0.3, 0.4) is 0 Å². The number of thiophene rings is 1. The molecular weight excluding hydrogens is 296 g/mol. The van der Waals surface area contributed by atoms with Gasteiger partial charge < -0.3 is 15.0 Å². The predicted molar refractivity (Wildman–Crippen MR) is 90.5 cm³/mol. The number of ether oxygens (including phenoxy) is 1. The molecule has 1 heterocycles. The minimum atomic E-state index is -0.0643. The molecule has 0 aliphatic rings. The van der Waals surface area contributed by atoms with Gasteiger partial charge in [-0.2, -0.15) is 11.3 Å². The number of hydrogen-bond acceptors (Lipinski definition) is 3. The zero-order chi connectivity index (χ0) is 15.9. The fourth-order valence-corrected chi connectivity index (χ4v) is 2.93. The van der Waals surface area contributed by atoms with Gasteiger partial charge >= 0.3 is 6.03 Å². The molecule has 0 spiro atoms. The molecule has 1 atom stereocenters. The number of amides is 2. The summed E-state index contributed by atoms with van der Waals surface area (Å²) >= 11 is 1.68. The highest BCUT2D eigenvalue weighted by Gasteiger charge is 2.13. The van der Waals surface area contributed by atoms with Gasteiger partial charge in [-0.15, -0.1) is 0 Å². The summed E-state index contributed by atoms with van der Waals surface area (Å²) < 4.78 is 5.20. The third-order valence-corrected chi connectivity index (χ3v) is 4.12. The Hall–Kier alpha value is -2.01. The summed E-state index contributed by atoms with van der Waals surface area (Å²) in [4.78, 5) is 13.9. The van der Waals surface area contributed by atoms with E-state index >= 15 is 0 Å². The van der Waals surface area contributed by atoms with Gasteiger partial charge in [0.25, 0.3) is 0 Å². The van der Waals surface area contributed by atoms with Crippen LogP contribution in [0.25, 0.3) is 0 Å². The van der Waals surface area contributed by atoms with Crippen molar-refractivity contribution in [2.75, 3.05) is 14.2 Å². The van der Waals surface area contributed by atoms with Crippen LogP contribution in [-0.2, 0) is 13.0 Å². The van der Waals surface area contributed by atoms with Crippen LogP contribution in [-0.4, -0.2) is 31.1 Å². The van der Waals surface area contributed by atoms with Crippen LogP contribution in [0, 0.1) is 0 Å². The largest absolute Gasteiger partial charge is 0.497 e. The summed E-state index contributed by atoms with van der Waals surface area (Å²) in [6.45, 7) is 2.57. The van der Waals surface area contributed by atoms with E-state index in [1.54, 1.807) is 30.4 Å². The summed E-state index contributed by atoms with van der Waals surface area (Å²) in [5.41, 5.74) is 2.30. The average Bonchev–Trinajstić information content (AvgIpc) is 3.00. The van der Waals surface area contributed by atoms with Crippen LogP contribution >= 0.6 is 11.3 Å². The summed E-state index contributed by atoms with van der Waals surface area (Å²) in [6, 6.07) is 9.89. The lowest BCUT2D eigenvalue weighted by molar-refractivity contribution is 0.203. The molecule has 1 aromatic carbocycles.